The Morgan fingerprint density at radius 2 is 2.15 bits per heavy atom. The molecular formula is C18H22BN3O4. The van der Waals surface area contributed by atoms with Crippen LogP contribution < -0.4 is 5.32 Å². The van der Waals surface area contributed by atoms with Gasteiger partial charge < -0.3 is 20.2 Å². The second kappa shape index (κ2) is 7.84. The van der Waals surface area contributed by atoms with E-state index in [9.17, 15) is 14.8 Å². The average molecular weight is 355 g/mol. The van der Waals surface area contributed by atoms with Crippen LogP contribution >= 0.6 is 0 Å². The highest BCUT2D eigenvalue weighted by Crippen LogP contribution is 2.20. The molecule has 0 fully saturated rings. The number of carbonyl (C=O) groups is 1. The molecule has 3 rings (SSSR count). The number of pyridine rings is 1. The number of oxime groups is 1. The smallest absolute Gasteiger partial charge is 0.426 e. The van der Waals surface area contributed by atoms with Crippen molar-refractivity contribution >= 4 is 29.6 Å². The number of para-hydroxylation sites is 1. The van der Waals surface area contributed by atoms with E-state index in [4.69, 9.17) is 4.84 Å². The number of amides is 1. The molecule has 0 spiro atoms. The minimum Gasteiger partial charge on any atom is -0.426 e. The molecular weight excluding hydrogens is 333 g/mol. The lowest BCUT2D eigenvalue weighted by atomic mass is 9.75. The molecule has 1 aromatic carbocycles. The van der Waals surface area contributed by atoms with Gasteiger partial charge in [-0.2, -0.15) is 0 Å². The Bertz CT molecular complexity index is 825. The molecule has 136 valence electrons. The fourth-order valence-electron chi connectivity index (χ4n) is 2.96. The summed E-state index contributed by atoms with van der Waals surface area (Å²) < 4.78 is 0. The van der Waals surface area contributed by atoms with Crippen molar-refractivity contribution in [3.8, 4) is 0 Å². The molecule has 1 unspecified atom stereocenters. The first-order chi connectivity index (χ1) is 12.4. The molecule has 1 aliphatic heterocycles. The number of carbonyl (C=O) groups excluding carboxylic acids is 1. The van der Waals surface area contributed by atoms with E-state index < -0.39 is 25.1 Å². The van der Waals surface area contributed by atoms with Crippen LogP contribution in [0.1, 0.15) is 32.3 Å². The van der Waals surface area contributed by atoms with E-state index in [1.807, 2.05) is 44.2 Å². The second-order valence-corrected chi connectivity index (χ2v) is 6.91. The molecule has 0 aliphatic carbocycles. The quantitative estimate of drug-likeness (QED) is 0.677. The summed E-state index contributed by atoms with van der Waals surface area (Å²) >= 11 is 0. The van der Waals surface area contributed by atoms with Gasteiger partial charge >= 0.3 is 7.12 Å². The number of aromatic nitrogens is 1. The largest absolute Gasteiger partial charge is 0.475 e. The van der Waals surface area contributed by atoms with Gasteiger partial charge in [-0.25, -0.2) is 0 Å². The monoisotopic (exact) mass is 355 g/mol. The van der Waals surface area contributed by atoms with Gasteiger partial charge in [0.2, 0.25) is 6.10 Å². The fraction of sp³-hybridized carbons (Fsp3) is 0.389. The molecule has 0 bridgehead atoms. The topological polar surface area (TPSA) is 104 Å². The van der Waals surface area contributed by atoms with Gasteiger partial charge in [-0.1, -0.05) is 37.2 Å². The van der Waals surface area contributed by atoms with Crippen molar-refractivity contribution in [1.29, 1.82) is 0 Å². The molecule has 8 heteroatoms. The first-order valence-electron chi connectivity index (χ1n) is 8.68. The minimum atomic E-state index is -1.62. The summed E-state index contributed by atoms with van der Waals surface area (Å²) in [5.41, 5.74) is 2.34. The maximum absolute atomic E-state index is 12.4. The summed E-state index contributed by atoms with van der Waals surface area (Å²) in [6, 6.07) is 9.72. The summed E-state index contributed by atoms with van der Waals surface area (Å²) in [6.45, 7) is 3.89. The van der Waals surface area contributed by atoms with Crippen molar-refractivity contribution in [2.24, 2.45) is 11.1 Å². The highest BCUT2D eigenvalue weighted by atomic mass is 16.6. The van der Waals surface area contributed by atoms with Gasteiger partial charge in [0.05, 0.1) is 17.2 Å². The van der Waals surface area contributed by atoms with E-state index in [0.717, 1.165) is 16.5 Å². The third kappa shape index (κ3) is 4.20. The number of nitrogens with one attached hydrogen (secondary N) is 1. The zero-order valence-electron chi connectivity index (χ0n) is 14.8. The predicted molar refractivity (Wildman–Crippen MR) is 99.3 cm³/mol. The number of hydrogen-bond donors (Lipinski definition) is 3. The van der Waals surface area contributed by atoms with Gasteiger partial charge in [0, 0.05) is 23.6 Å². The van der Waals surface area contributed by atoms with E-state index in [-0.39, 0.29) is 5.92 Å². The van der Waals surface area contributed by atoms with Gasteiger partial charge in [0.1, 0.15) is 0 Å². The molecule has 1 aliphatic rings. The molecule has 0 saturated heterocycles. The Labute approximate surface area is 152 Å². The van der Waals surface area contributed by atoms with E-state index in [1.165, 1.54) is 0 Å². The number of hydrogen-bond acceptors (Lipinski definition) is 6. The highest BCUT2D eigenvalue weighted by Gasteiger charge is 2.33. The molecule has 2 aromatic rings. The lowest BCUT2D eigenvalue weighted by Crippen LogP contribution is -2.50. The van der Waals surface area contributed by atoms with Crippen LogP contribution in [0, 0.1) is 5.92 Å². The molecule has 1 aromatic heterocycles. The summed E-state index contributed by atoms with van der Waals surface area (Å²) in [6.07, 6.45) is 1.69. The van der Waals surface area contributed by atoms with E-state index >= 15 is 0 Å². The second-order valence-electron chi connectivity index (χ2n) is 6.91. The summed E-state index contributed by atoms with van der Waals surface area (Å²) in [4.78, 5) is 22.0. The zero-order chi connectivity index (χ0) is 18.7. The highest BCUT2D eigenvalue weighted by molar-refractivity contribution is 6.43. The number of fused-ring (bicyclic) bond motifs is 1. The fourth-order valence-corrected chi connectivity index (χ4v) is 2.96. The van der Waals surface area contributed by atoms with Crippen LogP contribution in [0.3, 0.4) is 0 Å². The number of nitrogens with zero attached hydrogens (tertiary/aromatic N) is 2. The normalized spacial score (nSPS) is 17.7. The molecule has 26 heavy (non-hydrogen) atoms. The molecule has 1 amide bonds. The van der Waals surface area contributed by atoms with Crippen LogP contribution in [0.4, 0.5) is 0 Å². The van der Waals surface area contributed by atoms with Crippen LogP contribution in [-0.4, -0.2) is 45.8 Å². The summed E-state index contributed by atoms with van der Waals surface area (Å²) in [5.74, 6) is -0.934. The third-order valence-corrected chi connectivity index (χ3v) is 4.30. The maximum atomic E-state index is 12.4. The Kier molecular flexibility index (Phi) is 5.53. The molecule has 0 saturated carbocycles. The van der Waals surface area contributed by atoms with Gasteiger partial charge in [-0.05, 0) is 24.5 Å². The minimum absolute atomic E-state index is 0.210. The van der Waals surface area contributed by atoms with Crippen LogP contribution in [0.5, 0.6) is 0 Å². The number of benzene rings is 1. The van der Waals surface area contributed by atoms with Crippen LogP contribution in [0.2, 0.25) is 0 Å². The van der Waals surface area contributed by atoms with E-state index in [2.05, 4.69) is 15.5 Å². The zero-order valence-corrected chi connectivity index (χ0v) is 14.8. The lowest BCUT2D eigenvalue weighted by molar-refractivity contribution is -0.131. The van der Waals surface area contributed by atoms with Crippen molar-refractivity contribution in [2.75, 3.05) is 0 Å². The molecule has 7 nitrogen and oxygen atoms in total. The van der Waals surface area contributed by atoms with E-state index in [1.54, 1.807) is 6.20 Å². The molecule has 2 atom stereocenters. The van der Waals surface area contributed by atoms with Gasteiger partial charge in [0.25, 0.3) is 5.91 Å². The molecule has 0 radical (unpaired) electrons. The Morgan fingerprint density at radius 1 is 1.38 bits per heavy atom. The first-order valence-corrected chi connectivity index (χ1v) is 8.68. The van der Waals surface area contributed by atoms with Crippen molar-refractivity contribution in [2.45, 2.75) is 38.7 Å². The van der Waals surface area contributed by atoms with Crippen molar-refractivity contribution < 1.29 is 19.7 Å². The van der Waals surface area contributed by atoms with Crippen LogP contribution in [0.15, 0.2) is 41.7 Å². The first kappa shape index (κ1) is 18.3. The lowest BCUT2D eigenvalue weighted by Gasteiger charge is -2.20. The predicted octanol–water partition coefficient (Wildman–Crippen LogP) is 1.27. The van der Waals surface area contributed by atoms with Crippen molar-refractivity contribution in [1.82, 2.24) is 10.3 Å². The van der Waals surface area contributed by atoms with Crippen LogP contribution in [-0.2, 0) is 9.63 Å². The Morgan fingerprint density at radius 3 is 2.88 bits per heavy atom. The van der Waals surface area contributed by atoms with E-state index in [0.29, 0.717) is 18.6 Å². The molecule has 3 N–H and O–H groups in total. The SMILES string of the molecule is CC(C)C[C@H](NC(=O)C1CC(c2cnc3ccccc3c2)=NO1)B(O)O. The third-order valence-electron chi connectivity index (χ3n) is 4.30. The van der Waals surface area contributed by atoms with Crippen LogP contribution in [0.25, 0.3) is 10.9 Å². The van der Waals surface area contributed by atoms with Crippen molar-refractivity contribution in [3.05, 3.63) is 42.1 Å². The van der Waals surface area contributed by atoms with Crippen molar-refractivity contribution in [3.63, 3.8) is 0 Å². The van der Waals surface area contributed by atoms with Gasteiger partial charge in [-0.3, -0.25) is 9.78 Å². The summed E-state index contributed by atoms with van der Waals surface area (Å²) in [5, 5.41) is 26.5. The van der Waals surface area contributed by atoms with Gasteiger partial charge in [0.15, 0.2) is 0 Å². The van der Waals surface area contributed by atoms with Gasteiger partial charge in [-0.15, -0.1) is 0 Å². The summed E-state index contributed by atoms with van der Waals surface area (Å²) in [7, 11) is -1.62. The number of rotatable bonds is 6. The molecule has 2 heterocycles. The standard InChI is InChI=1S/C18H22BN3O4/c1-11(2)7-17(19(24)25)21-18(23)16-9-15(22-26-16)13-8-12-5-3-4-6-14(12)20-10-13/h3-6,8,10-11,16-17,24-25H,7,9H2,1-2H3,(H,21,23)/t16?,17-/m0/s1. The Hall–Kier alpha value is -2.45. The Balaban J connectivity index is 1.65. The average Bonchev–Trinajstić information content (AvgIpc) is 3.10. The maximum Gasteiger partial charge on any atom is 0.475 e.